The van der Waals surface area contributed by atoms with Crippen molar-refractivity contribution in [1.82, 2.24) is 14.9 Å². The number of hydrogen-bond acceptors (Lipinski definition) is 3. The maximum Gasteiger partial charge on any atom is 0.219 e. The Labute approximate surface area is 179 Å². The summed E-state index contributed by atoms with van der Waals surface area (Å²) in [5, 5.41) is 2.98. The third-order valence-electron chi connectivity index (χ3n) is 5.19. The van der Waals surface area contributed by atoms with E-state index < -0.39 is 0 Å². The van der Waals surface area contributed by atoms with Gasteiger partial charge in [-0.2, -0.15) is 0 Å². The number of nitrogens with one attached hydrogen (secondary N) is 1. The Morgan fingerprint density at radius 1 is 1.10 bits per heavy atom. The molecule has 0 atom stereocenters. The maximum atomic E-state index is 11.7. The van der Waals surface area contributed by atoms with Gasteiger partial charge in [-0.05, 0) is 41.7 Å². The Morgan fingerprint density at radius 3 is 2.53 bits per heavy atom. The van der Waals surface area contributed by atoms with E-state index in [0.717, 1.165) is 29.0 Å². The van der Waals surface area contributed by atoms with Crippen LogP contribution < -0.4 is 10.1 Å². The summed E-state index contributed by atoms with van der Waals surface area (Å²) in [6.45, 7) is 10.5. The molecule has 0 unspecified atom stereocenters. The Bertz CT molecular complexity index is 968. The van der Waals surface area contributed by atoms with Crippen LogP contribution in [0.4, 0.5) is 0 Å². The van der Waals surface area contributed by atoms with E-state index in [1.165, 1.54) is 5.56 Å². The average molecular weight is 408 g/mol. The van der Waals surface area contributed by atoms with Crippen molar-refractivity contribution in [2.24, 2.45) is 0 Å². The van der Waals surface area contributed by atoms with Crippen LogP contribution in [0.15, 0.2) is 48.5 Å². The van der Waals surface area contributed by atoms with Gasteiger partial charge in [0.05, 0.1) is 17.6 Å². The summed E-state index contributed by atoms with van der Waals surface area (Å²) in [6.07, 6.45) is 2.13. The quantitative estimate of drug-likeness (QED) is 0.550. The predicted molar refractivity (Wildman–Crippen MR) is 122 cm³/mol. The molecule has 0 bridgehead atoms. The van der Waals surface area contributed by atoms with Crippen LogP contribution in [-0.4, -0.2) is 28.6 Å². The monoisotopic (exact) mass is 407 g/mol. The number of carbonyl (C=O) groups is 1. The number of fused-ring (bicyclic) bond motifs is 1. The Hall–Kier alpha value is -2.82. The molecule has 0 aliphatic rings. The SMILES string of the molecule is CCCC(=O)NCCc1nc2ccccc2n1CCOc1ccc(C(C)(C)C)cc1. The molecule has 0 saturated heterocycles. The molecule has 1 amide bonds. The van der Waals surface area contributed by atoms with Crippen LogP contribution in [0.1, 0.15) is 51.9 Å². The minimum absolute atomic E-state index is 0.0993. The highest BCUT2D eigenvalue weighted by atomic mass is 16.5. The molecule has 0 aliphatic carbocycles. The Morgan fingerprint density at radius 2 is 1.83 bits per heavy atom. The van der Waals surface area contributed by atoms with Crippen molar-refractivity contribution in [2.45, 2.75) is 58.9 Å². The molecule has 1 aromatic heterocycles. The number of imidazole rings is 1. The Kier molecular flexibility index (Phi) is 7.14. The van der Waals surface area contributed by atoms with E-state index in [0.29, 0.717) is 32.5 Å². The zero-order valence-electron chi connectivity index (χ0n) is 18.6. The summed E-state index contributed by atoms with van der Waals surface area (Å²) >= 11 is 0. The highest BCUT2D eigenvalue weighted by Gasteiger charge is 2.14. The van der Waals surface area contributed by atoms with Crippen LogP contribution in [0, 0.1) is 0 Å². The fourth-order valence-corrected chi connectivity index (χ4v) is 3.50. The summed E-state index contributed by atoms with van der Waals surface area (Å²) in [4.78, 5) is 16.5. The molecular weight excluding hydrogens is 374 g/mol. The number of nitrogens with zero attached hydrogens (tertiary/aromatic N) is 2. The summed E-state index contributed by atoms with van der Waals surface area (Å²) in [5.74, 6) is 1.95. The van der Waals surface area contributed by atoms with Crippen LogP contribution >= 0.6 is 0 Å². The highest BCUT2D eigenvalue weighted by molar-refractivity contribution is 5.76. The maximum absolute atomic E-state index is 11.7. The van der Waals surface area contributed by atoms with E-state index in [2.05, 4.69) is 48.9 Å². The second-order valence-electron chi connectivity index (χ2n) is 8.64. The van der Waals surface area contributed by atoms with Crippen LogP contribution in [-0.2, 0) is 23.2 Å². The summed E-state index contributed by atoms with van der Waals surface area (Å²) in [7, 11) is 0. The zero-order chi connectivity index (χ0) is 21.6. The molecule has 3 aromatic rings. The lowest BCUT2D eigenvalue weighted by Crippen LogP contribution is -2.26. The van der Waals surface area contributed by atoms with Crippen molar-refractivity contribution in [3.05, 3.63) is 59.9 Å². The third kappa shape index (κ3) is 5.62. The molecule has 5 nitrogen and oxygen atoms in total. The first-order valence-corrected chi connectivity index (χ1v) is 10.8. The normalized spacial score (nSPS) is 11.6. The van der Waals surface area contributed by atoms with Crippen molar-refractivity contribution >= 4 is 16.9 Å². The third-order valence-corrected chi connectivity index (χ3v) is 5.19. The van der Waals surface area contributed by atoms with Crippen molar-refractivity contribution < 1.29 is 9.53 Å². The second-order valence-corrected chi connectivity index (χ2v) is 8.64. The number of amides is 1. The van der Waals surface area contributed by atoms with Gasteiger partial charge in [-0.25, -0.2) is 4.98 Å². The minimum Gasteiger partial charge on any atom is -0.492 e. The lowest BCUT2D eigenvalue weighted by molar-refractivity contribution is -0.121. The molecule has 5 heteroatoms. The second kappa shape index (κ2) is 9.79. The number of hydrogen-bond donors (Lipinski definition) is 1. The number of aromatic nitrogens is 2. The zero-order valence-corrected chi connectivity index (χ0v) is 18.6. The highest BCUT2D eigenvalue weighted by Crippen LogP contribution is 2.24. The molecule has 0 fully saturated rings. The van der Waals surface area contributed by atoms with E-state index in [9.17, 15) is 4.79 Å². The number of rotatable bonds is 9. The minimum atomic E-state index is 0.0993. The molecule has 0 radical (unpaired) electrons. The van der Waals surface area contributed by atoms with Gasteiger partial charge in [0, 0.05) is 19.4 Å². The van der Waals surface area contributed by atoms with Gasteiger partial charge in [0.25, 0.3) is 0 Å². The van der Waals surface area contributed by atoms with Gasteiger partial charge in [-0.15, -0.1) is 0 Å². The molecule has 160 valence electrons. The van der Waals surface area contributed by atoms with E-state index in [-0.39, 0.29) is 11.3 Å². The van der Waals surface area contributed by atoms with Gasteiger partial charge in [0.1, 0.15) is 18.2 Å². The van der Waals surface area contributed by atoms with Crippen molar-refractivity contribution in [3.63, 3.8) is 0 Å². The van der Waals surface area contributed by atoms with Crippen LogP contribution in [0.2, 0.25) is 0 Å². The van der Waals surface area contributed by atoms with Crippen LogP contribution in [0.25, 0.3) is 11.0 Å². The van der Waals surface area contributed by atoms with E-state index >= 15 is 0 Å². The van der Waals surface area contributed by atoms with E-state index in [1.807, 2.05) is 37.3 Å². The van der Waals surface area contributed by atoms with Crippen LogP contribution in [0.3, 0.4) is 0 Å². The average Bonchev–Trinajstić information content (AvgIpc) is 3.05. The largest absolute Gasteiger partial charge is 0.492 e. The van der Waals surface area contributed by atoms with Gasteiger partial charge in [0.15, 0.2) is 0 Å². The lowest BCUT2D eigenvalue weighted by Gasteiger charge is -2.19. The van der Waals surface area contributed by atoms with Crippen LogP contribution in [0.5, 0.6) is 5.75 Å². The molecule has 0 aliphatic heterocycles. The molecule has 30 heavy (non-hydrogen) atoms. The fraction of sp³-hybridized carbons (Fsp3) is 0.440. The Balaban J connectivity index is 1.65. The fourth-order valence-electron chi connectivity index (χ4n) is 3.50. The van der Waals surface area contributed by atoms with Gasteiger partial charge < -0.3 is 14.6 Å². The molecule has 2 aromatic carbocycles. The number of para-hydroxylation sites is 2. The standard InChI is InChI=1S/C25H33N3O2/c1-5-8-24(29)26-16-15-23-27-21-9-6-7-10-22(21)28(23)17-18-30-20-13-11-19(12-14-20)25(2,3)4/h6-7,9-14H,5,8,15-18H2,1-4H3,(H,26,29). The number of carbonyl (C=O) groups excluding carboxylic acids is 1. The summed E-state index contributed by atoms with van der Waals surface area (Å²) in [6, 6.07) is 16.5. The molecule has 1 N–H and O–H groups in total. The first kappa shape index (κ1) is 21.9. The number of ether oxygens (including phenoxy) is 1. The van der Waals surface area contributed by atoms with E-state index in [1.54, 1.807) is 0 Å². The molecular formula is C25H33N3O2. The van der Waals surface area contributed by atoms with Crippen molar-refractivity contribution in [2.75, 3.05) is 13.2 Å². The van der Waals surface area contributed by atoms with Gasteiger partial charge in [-0.3, -0.25) is 4.79 Å². The summed E-state index contributed by atoms with van der Waals surface area (Å²) < 4.78 is 8.21. The molecule has 0 saturated carbocycles. The lowest BCUT2D eigenvalue weighted by atomic mass is 9.87. The van der Waals surface area contributed by atoms with Gasteiger partial charge in [0.2, 0.25) is 5.91 Å². The first-order valence-electron chi connectivity index (χ1n) is 10.8. The topological polar surface area (TPSA) is 56.2 Å². The first-order chi connectivity index (χ1) is 14.4. The molecule has 3 rings (SSSR count). The molecule has 1 heterocycles. The predicted octanol–water partition coefficient (Wildman–Crippen LogP) is 4.87. The van der Waals surface area contributed by atoms with Crippen molar-refractivity contribution in [1.29, 1.82) is 0 Å². The van der Waals surface area contributed by atoms with Gasteiger partial charge in [-0.1, -0.05) is 52.0 Å². The van der Waals surface area contributed by atoms with E-state index in [4.69, 9.17) is 9.72 Å². The smallest absolute Gasteiger partial charge is 0.219 e. The summed E-state index contributed by atoms with van der Waals surface area (Å²) in [5.41, 5.74) is 3.50. The van der Waals surface area contributed by atoms with Gasteiger partial charge >= 0.3 is 0 Å². The van der Waals surface area contributed by atoms with Crippen molar-refractivity contribution in [3.8, 4) is 5.75 Å². The molecule has 0 spiro atoms. The number of benzene rings is 2.